The minimum atomic E-state index is -0.927. The monoisotopic (exact) mass is 655 g/mol. The van der Waals surface area contributed by atoms with Gasteiger partial charge in [0.2, 0.25) is 0 Å². The third-order valence-corrected chi connectivity index (χ3v) is 11.7. The first kappa shape index (κ1) is 31.8. The molecule has 4 nitrogen and oxygen atoms in total. The molecular weight excluding hydrogens is 618 g/mol. The number of benzene rings is 3. The van der Waals surface area contributed by atoms with Gasteiger partial charge < -0.3 is 10.2 Å². The molecule has 2 atom stereocenters. The molecule has 2 heterocycles. The molecule has 0 aliphatic heterocycles. The Morgan fingerprint density at radius 1 is 1.00 bits per heavy atom. The van der Waals surface area contributed by atoms with Crippen molar-refractivity contribution in [1.29, 1.82) is 0 Å². The predicted octanol–water partition coefficient (Wildman–Crippen LogP) is 10.0. The number of thiophene rings is 1. The molecule has 0 amide bonds. The lowest BCUT2D eigenvalue weighted by atomic mass is 9.89. The summed E-state index contributed by atoms with van der Waals surface area (Å²) in [5.74, 6) is 0.0771. The van der Waals surface area contributed by atoms with E-state index in [0.717, 1.165) is 59.2 Å². The van der Waals surface area contributed by atoms with E-state index in [2.05, 4.69) is 60.0 Å². The summed E-state index contributed by atoms with van der Waals surface area (Å²) in [6, 6.07) is 31.3. The van der Waals surface area contributed by atoms with Crippen LogP contribution in [0.4, 0.5) is 0 Å². The zero-order valence-electron chi connectivity index (χ0n) is 25.6. The number of aryl methyl sites for hydroxylation is 1. The van der Waals surface area contributed by atoms with Crippen LogP contribution in [0.2, 0.25) is 5.02 Å². The topological polar surface area (TPSA) is 70.4 Å². The number of aliphatic hydroxyl groups is 1. The van der Waals surface area contributed by atoms with Gasteiger partial charge in [-0.05, 0) is 96.8 Å². The quantitative estimate of drug-likeness (QED) is 0.132. The Bertz CT molecular complexity index is 1790. The molecule has 0 bridgehead atoms. The van der Waals surface area contributed by atoms with Crippen LogP contribution < -0.4 is 0 Å². The van der Waals surface area contributed by atoms with Crippen molar-refractivity contribution in [3.8, 4) is 0 Å². The Hall–Kier alpha value is -3.16. The van der Waals surface area contributed by atoms with E-state index < -0.39 is 11.6 Å². The smallest absolute Gasteiger partial charge is 0.303 e. The third-order valence-electron chi connectivity index (χ3n) is 8.84. The SMILES string of the molecule is CC(C)(O)c1ccccc1CC[C@@H](SCC1(CC(=O)O)CC1)c1cccc(C(c2ccc3ccc(Cl)cc3n2)c2cccs2)c1. The molecular formula is C38H38ClNO3S2. The van der Waals surface area contributed by atoms with E-state index in [-0.39, 0.29) is 23.0 Å². The number of aliphatic carboxylic acids is 1. The van der Waals surface area contributed by atoms with Gasteiger partial charge in [-0.15, -0.1) is 11.3 Å². The second-order valence-corrected chi connectivity index (χ2v) is 15.4. The number of pyridine rings is 1. The minimum absolute atomic E-state index is 0.0309. The fourth-order valence-electron chi connectivity index (χ4n) is 6.26. The highest BCUT2D eigenvalue weighted by Crippen LogP contribution is 2.53. The maximum atomic E-state index is 11.6. The molecule has 0 radical (unpaired) electrons. The average Bonchev–Trinajstić information content (AvgIpc) is 3.54. The Morgan fingerprint density at radius 2 is 1.78 bits per heavy atom. The number of fused-ring (bicyclic) bond motifs is 1. The molecule has 1 unspecified atom stereocenters. The van der Waals surface area contributed by atoms with Gasteiger partial charge in [-0.1, -0.05) is 78.3 Å². The highest BCUT2D eigenvalue weighted by molar-refractivity contribution is 7.99. The summed E-state index contributed by atoms with van der Waals surface area (Å²) >= 11 is 9.95. The van der Waals surface area contributed by atoms with Crippen molar-refractivity contribution in [2.45, 2.75) is 62.7 Å². The maximum Gasteiger partial charge on any atom is 0.303 e. The maximum absolute atomic E-state index is 11.6. The first-order valence-corrected chi connectivity index (χ1v) is 17.7. The van der Waals surface area contributed by atoms with Crippen molar-refractivity contribution < 1.29 is 15.0 Å². The Labute approximate surface area is 278 Å². The zero-order chi connectivity index (χ0) is 31.6. The zero-order valence-corrected chi connectivity index (χ0v) is 28.0. The minimum Gasteiger partial charge on any atom is -0.481 e. The van der Waals surface area contributed by atoms with Gasteiger partial charge in [0.05, 0.1) is 29.2 Å². The van der Waals surface area contributed by atoms with Crippen molar-refractivity contribution in [3.63, 3.8) is 0 Å². The van der Waals surface area contributed by atoms with Gasteiger partial charge in [0.25, 0.3) is 0 Å². The number of thioether (sulfide) groups is 1. The van der Waals surface area contributed by atoms with Crippen LogP contribution in [0.25, 0.3) is 10.9 Å². The predicted molar refractivity (Wildman–Crippen MR) is 188 cm³/mol. The van der Waals surface area contributed by atoms with Crippen LogP contribution in [-0.4, -0.2) is 26.9 Å². The van der Waals surface area contributed by atoms with E-state index in [4.69, 9.17) is 16.6 Å². The van der Waals surface area contributed by atoms with Crippen molar-refractivity contribution in [2.75, 3.05) is 5.75 Å². The average molecular weight is 656 g/mol. The molecule has 5 aromatic rings. The van der Waals surface area contributed by atoms with Crippen molar-refractivity contribution in [2.24, 2.45) is 5.41 Å². The second-order valence-electron chi connectivity index (χ2n) is 12.8. The van der Waals surface area contributed by atoms with Gasteiger partial charge in [0.1, 0.15) is 0 Å². The molecule has 1 aliphatic rings. The summed E-state index contributed by atoms with van der Waals surface area (Å²) in [6.07, 6.45) is 3.86. The molecule has 2 aromatic heterocycles. The lowest BCUT2D eigenvalue weighted by Gasteiger charge is -2.25. The summed E-state index contributed by atoms with van der Waals surface area (Å²) in [5, 5.41) is 24.4. The van der Waals surface area contributed by atoms with Gasteiger partial charge in [-0.2, -0.15) is 11.8 Å². The molecule has 2 N–H and O–H groups in total. The van der Waals surface area contributed by atoms with Crippen LogP contribution in [0.1, 0.15) is 83.5 Å². The lowest BCUT2D eigenvalue weighted by molar-refractivity contribution is -0.138. The van der Waals surface area contributed by atoms with E-state index in [9.17, 15) is 15.0 Å². The number of aromatic nitrogens is 1. The van der Waals surface area contributed by atoms with Crippen LogP contribution in [-0.2, 0) is 16.8 Å². The van der Waals surface area contributed by atoms with Gasteiger partial charge in [-0.25, -0.2) is 0 Å². The van der Waals surface area contributed by atoms with Crippen LogP contribution in [0.3, 0.4) is 0 Å². The lowest BCUT2D eigenvalue weighted by Crippen LogP contribution is -2.18. The number of halogens is 1. The van der Waals surface area contributed by atoms with E-state index in [1.807, 2.05) is 62.0 Å². The van der Waals surface area contributed by atoms with E-state index in [1.165, 1.54) is 16.0 Å². The van der Waals surface area contributed by atoms with Crippen molar-refractivity contribution >= 4 is 51.6 Å². The Morgan fingerprint density at radius 3 is 2.51 bits per heavy atom. The molecule has 6 rings (SSSR count). The van der Waals surface area contributed by atoms with Crippen LogP contribution in [0, 0.1) is 5.41 Å². The molecule has 1 aliphatic carbocycles. The Kier molecular flexibility index (Phi) is 9.39. The van der Waals surface area contributed by atoms with Crippen LogP contribution >= 0.6 is 34.7 Å². The fourth-order valence-corrected chi connectivity index (χ4v) is 8.86. The normalized spacial score (nSPS) is 15.6. The summed E-state index contributed by atoms with van der Waals surface area (Å²) in [7, 11) is 0. The van der Waals surface area contributed by atoms with E-state index in [0.29, 0.717) is 5.02 Å². The van der Waals surface area contributed by atoms with Gasteiger partial charge in [0.15, 0.2) is 0 Å². The number of hydrogen-bond donors (Lipinski definition) is 2. The van der Waals surface area contributed by atoms with Crippen molar-refractivity contribution in [3.05, 3.63) is 134 Å². The number of hydrogen-bond acceptors (Lipinski definition) is 5. The van der Waals surface area contributed by atoms with Crippen LogP contribution in [0.15, 0.2) is 96.4 Å². The fraction of sp³-hybridized carbons (Fsp3) is 0.316. The van der Waals surface area contributed by atoms with E-state index in [1.54, 1.807) is 11.3 Å². The molecule has 232 valence electrons. The Balaban J connectivity index is 1.35. The number of carboxylic acid groups (broad SMARTS) is 1. The van der Waals surface area contributed by atoms with Gasteiger partial charge in [0, 0.05) is 26.3 Å². The number of carbonyl (C=O) groups is 1. The number of rotatable bonds is 13. The summed E-state index contributed by atoms with van der Waals surface area (Å²) in [6.45, 7) is 3.67. The van der Waals surface area contributed by atoms with Crippen LogP contribution in [0.5, 0.6) is 0 Å². The van der Waals surface area contributed by atoms with Gasteiger partial charge >= 0.3 is 5.97 Å². The molecule has 1 fully saturated rings. The highest BCUT2D eigenvalue weighted by atomic mass is 35.5. The number of nitrogens with zero attached hydrogens (tertiary/aromatic N) is 1. The third kappa shape index (κ3) is 7.63. The number of carboxylic acids is 1. The standard InChI is InChI=1S/C38H38ClNO3S2/c1-37(2,43)30-10-4-3-7-25(30)14-17-33(45-24-38(18-19-38)23-35(41)42)27-8-5-9-28(21-27)36(34-11-6-20-44-34)31-16-13-26-12-15-29(39)22-32(26)40-31/h3-13,15-16,20-22,33,36,43H,14,17-19,23-24H2,1-2H3,(H,41,42)/t33-,36?/m1/s1. The molecule has 3 aromatic carbocycles. The van der Waals surface area contributed by atoms with E-state index >= 15 is 0 Å². The highest BCUT2D eigenvalue weighted by Gasteiger charge is 2.44. The molecule has 1 saturated carbocycles. The summed E-state index contributed by atoms with van der Waals surface area (Å²) < 4.78 is 0. The first-order chi connectivity index (χ1) is 21.6. The van der Waals surface area contributed by atoms with Gasteiger partial charge in [-0.3, -0.25) is 9.78 Å². The molecule has 7 heteroatoms. The first-order valence-electron chi connectivity index (χ1n) is 15.4. The molecule has 0 spiro atoms. The summed E-state index contributed by atoms with van der Waals surface area (Å²) in [4.78, 5) is 18.0. The molecule has 0 saturated heterocycles. The summed E-state index contributed by atoms with van der Waals surface area (Å²) in [5.41, 5.74) is 5.33. The largest absolute Gasteiger partial charge is 0.481 e. The van der Waals surface area contributed by atoms with Crippen molar-refractivity contribution in [1.82, 2.24) is 4.98 Å². The molecule has 45 heavy (non-hydrogen) atoms. The second kappa shape index (κ2) is 13.3.